The van der Waals surface area contributed by atoms with Crippen molar-refractivity contribution < 1.29 is 4.43 Å². The molecule has 0 bridgehead atoms. The number of halogens is 1. The van der Waals surface area contributed by atoms with Crippen molar-refractivity contribution in [2.24, 2.45) is 0 Å². The summed E-state index contributed by atoms with van der Waals surface area (Å²) in [5.41, 5.74) is 0. The van der Waals surface area contributed by atoms with Crippen molar-refractivity contribution in [1.82, 2.24) is 0 Å². The van der Waals surface area contributed by atoms with Crippen molar-refractivity contribution in [3.63, 3.8) is 0 Å². The van der Waals surface area contributed by atoms with Gasteiger partial charge in [-0.1, -0.05) is 50.3 Å². The Balaban J connectivity index is 4.21. The van der Waals surface area contributed by atoms with Gasteiger partial charge in [-0.05, 0) is 24.6 Å². The molecule has 0 radical (unpaired) electrons. The van der Waals surface area contributed by atoms with Crippen LogP contribution in [-0.4, -0.2) is 18.8 Å². The molecule has 0 rings (SSSR count). The minimum Gasteiger partial charge on any atom is -0.413 e. The van der Waals surface area contributed by atoms with Crippen LogP contribution in [0.5, 0.6) is 0 Å². The van der Waals surface area contributed by atoms with Crippen LogP contribution in [0.4, 0.5) is 0 Å². The molecule has 80 valence electrons. The van der Waals surface area contributed by atoms with Gasteiger partial charge in [-0.3, -0.25) is 0 Å². The Kier molecular flexibility index (Phi) is 7.74. The van der Waals surface area contributed by atoms with Crippen molar-refractivity contribution in [3.8, 4) is 0 Å². The maximum absolute atomic E-state index is 6.32. The summed E-state index contributed by atoms with van der Waals surface area (Å²) in [4.78, 5) is 0. The van der Waals surface area contributed by atoms with Gasteiger partial charge in [0, 0.05) is 4.43 Å². The van der Waals surface area contributed by atoms with Gasteiger partial charge in [-0.15, -0.1) is 0 Å². The highest BCUT2D eigenvalue weighted by molar-refractivity contribution is 14.1. The van der Waals surface area contributed by atoms with Gasteiger partial charge in [0.25, 0.3) is 0 Å². The minimum absolute atomic E-state index is 0.507. The molecule has 0 fully saturated rings. The highest BCUT2D eigenvalue weighted by Gasteiger charge is 2.30. The highest BCUT2D eigenvalue weighted by atomic mass is 127. The molecule has 1 atom stereocenters. The first-order valence-electron chi connectivity index (χ1n) is 5.41. The molecular formula is C10H23IOSi. The van der Waals surface area contributed by atoms with Gasteiger partial charge in [0.2, 0.25) is 0 Å². The fourth-order valence-corrected chi connectivity index (χ4v) is 5.68. The van der Waals surface area contributed by atoms with Crippen LogP contribution in [0.2, 0.25) is 18.1 Å². The molecule has 0 heterocycles. The number of rotatable bonds is 7. The fourth-order valence-electron chi connectivity index (χ4n) is 1.58. The largest absolute Gasteiger partial charge is 0.413 e. The van der Waals surface area contributed by atoms with Gasteiger partial charge in [0.1, 0.15) is 0 Å². The van der Waals surface area contributed by atoms with Crippen molar-refractivity contribution in [2.45, 2.75) is 58.4 Å². The van der Waals surface area contributed by atoms with Crippen LogP contribution < -0.4 is 0 Å². The van der Waals surface area contributed by atoms with Gasteiger partial charge >= 0.3 is 0 Å². The molecule has 0 aromatic rings. The fraction of sp³-hybridized carbons (Fsp3) is 1.00. The van der Waals surface area contributed by atoms with Gasteiger partial charge in [-0.2, -0.15) is 0 Å². The Morgan fingerprint density at radius 1 is 1.08 bits per heavy atom. The first kappa shape index (κ1) is 13.9. The normalized spacial score (nSPS) is 14.5. The zero-order valence-electron chi connectivity index (χ0n) is 9.40. The molecular weight excluding hydrogens is 291 g/mol. The van der Waals surface area contributed by atoms with Crippen LogP contribution in [0.25, 0.3) is 0 Å². The first-order valence-corrected chi connectivity index (χ1v) is 9.47. The molecule has 0 saturated heterocycles. The van der Waals surface area contributed by atoms with E-state index in [2.05, 4.69) is 50.3 Å². The van der Waals surface area contributed by atoms with E-state index in [-0.39, 0.29) is 0 Å². The predicted molar refractivity (Wildman–Crippen MR) is 71.2 cm³/mol. The maximum atomic E-state index is 6.32. The average Bonchev–Trinajstić information content (AvgIpc) is 2.21. The van der Waals surface area contributed by atoms with E-state index < -0.39 is 8.32 Å². The molecule has 13 heavy (non-hydrogen) atoms. The van der Waals surface area contributed by atoms with Crippen molar-refractivity contribution in [1.29, 1.82) is 0 Å². The third-order valence-electron chi connectivity index (χ3n) is 2.98. The Morgan fingerprint density at radius 3 is 1.77 bits per heavy atom. The Labute approximate surface area is 97.9 Å². The summed E-state index contributed by atoms with van der Waals surface area (Å²) in [6.45, 7) is 9.10. The summed E-state index contributed by atoms with van der Waals surface area (Å²) in [6, 6.07) is 3.81. The maximum Gasteiger partial charge on any atom is 0.192 e. The van der Waals surface area contributed by atoms with E-state index in [1.807, 2.05) is 0 Å². The Morgan fingerprint density at radius 2 is 1.54 bits per heavy atom. The van der Waals surface area contributed by atoms with Gasteiger partial charge in [-0.25, -0.2) is 0 Å². The second kappa shape index (κ2) is 7.23. The second-order valence-corrected chi connectivity index (χ2v) is 9.15. The zero-order valence-corrected chi connectivity index (χ0v) is 12.6. The smallest absolute Gasteiger partial charge is 0.192 e. The van der Waals surface area contributed by atoms with E-state index >= 15 is 0 Å². The molecule has 0 aliphatic carbocycles. The predicted octanol–water partition coefficient (Wildman–Crippen LogP) is 4.22. The molecule has 3 heteroatoms. The molecule has 0 amide bonds. The van der Waals surface area contributed by atoms with E-state index in [0.29, 0.717) is 6.10 Å². The van der Waals surface area contributed by atoms with Crippen molar-refractivity contribution >= 4 is 30.9 Å². The molecule has 0 N–H and O–H groups in total. The molecule has 0 spiro atoms. The highest BCUT2D eigenvalue weighted by Crippen LogP contribution is 2.24. The van der Waals surface area contributed by atoms with Crippen molar-refractivity contribution in [3.05, 3.63) is 0 Å². The summed E-state index contributed by atoms with van der Waals surface area (Å²) in [6.07, 6.45) is 1.67. The molecule has 1 nitrogen and oxygen atoms in total. The lowest BCUT2D eigenvalue weighted by molar-refractivity contribution is 0.209. The SMILES string of the molecule is CC[C@H](CI)O[Si](CC)(CC)CC. The monoisotopic (exact) mass is 314 g/mol. The molecule has 0 aliphatic heterocycles. The molecule has 0 aromatic carbocycles. The lowest BCUT2D eigenvalue weighted by atomic mass is 10.3. The third-order valence-corrected chi connectivity index (χ3v) is 8.66. The number of alkyl halides is 1. The van der Waals surface area contributed by atoms with Crippen LogP contribution >= 0.6 is 22.6 Å². The standard InChI is InChI=1S/C10H23IOSi/c1-5-10(9-11)12-13(6-2,7-3)8-4/h10H,5-9H2,1-4H3/t10-/m1/s1. The zero-order chi connectivity index (χ0) is 10.3. The Bertz CT molecular complexity index is 114. The van der Waals surface area contributed by atoms with Gasteiger partial charge in [0.15, 0.2) is 8.32 Å². The van der Waals surface area contributed by atoms with E-state index in [4.69, 9.17) is 4.43 Å². The number of hydrogen-bond donors (Lipinski definition) is 0. The minimum atomic E-state index is -1.33. The summed E-state index contributed by atoms with van der Waals surface area (Å²) in [5, 5.41) is 0. The molecule has 0 aliphatic rings. The van der Waals surface area contributed by atoms with Crippen LogP contribution in [0.1, 0.15) is 34.1 Å². The van der Waals surface area contributed by atoms with Gasteiger partial charge in [0.05, 0.1) is 6.10 Å². The molecule has 0 saturated carbocycles. The lowest BCUT2D eigenvalue weighted by Gasteiger charge is -2.32. The average molecular weight is 314 g/mol. The molecule has 0 unspecified atom stereocenters. The van der Waals surface area contributed by atoms with Crippen LogP contribution in [-0.2, 0) is 4.43 Å². The van der Waals surface area contributed by atoms with E-state index in [9.17, 15) is 0 Å². The first-order chi connectivity index (χ1) is 6.17. The quantitative estimate of drug-likeness (QED) is 0.388. The van der Waals surface area contributed by atoms with E-state index in [1.54, 1.807) is 0 Å². The van der Waals surface area contributed by atoms with Crippen molar-refractivity contribution in [2.75, 3.05) is 4.43 Å². The summed E-state index contributed by atoms with van der Waals surface area (Å²) in [5.74, 6) is 0. The van der Waals surface area contributed by atoms with Crippen LogP contribution in [0.15, 0.2) is 0 Å². The number of hydrogen-bond acceptors (Lipinski definition) is 1. The topological polar surface area (TPSA) is 9.23 Å². The second-order valence-electron chi connectivity index (χ2n) is 3.55. The van der Waals surface area contributed by atoms with E-state index in [1.165, 1.54) is 18.1 Å². The summed E-state index contributed by atoms with van der Waals surface area (Å²) in [7, 11) is -1.33. The molecule has 0 aromatic heterocycles. The van der Waals surface area contributed by atoms with Crippen LogP contribution in [0.3, 0.4) is 0 Å². The third kappa shape index (κ3) is 4.30. The Hall–Kier alpha value is 0.907. The van der Waals surface area contributed by atoms with Crippen LogP contribution in [0, 0.1) is 0 Å². The summed E-state index contributed by atoms with van der Waals surface area (Å²) >= 11 is 2.44. The van der Waals surface area contributed by atoms with Gasteiger partial charge < -0.3 is 4.43 Å². The summed E-state index contributed by atoms with van der Waals surface area (Å²) < 4.78 is 7.46. The van der Waals surface area contributed by atoms with E-state index in [0.717, 1.165) is 10.8 Å². The lowest BCUT2D eigenvalue weighted by Crippen LogP contribution is -2.40.